The van der Waals surface area contributed by atoms with Gasteiger partial charge in [0.05, 0.1) is 0 Å². The van der Waals surface area contributed by atoms with Gasteiger partial charge in [0.2, 0.25) is 0 Å². The number of rotatable bonds is 3. The van der Waals surface area contributed by atoms with Crippen LogP contribution in [0.25, 0.3) is 0 Å². The van der Waals surface area contributed by atoms with Gasteiger partial charge in [0, 0.05) is 26.2 Å². The predicted molar refractivity (Wildman–Crippen MR) is 49.1 cm³/mol. The first kappa shape index (κ1) is 9.36. The van der Waals surface area contributed by atoms with Crippen LogP contribution in [0, 0.1) is 0 Å². The van der Waals surface area contributed by atoms with Crippen molar-refractivity contribution in [1.29, 1.82) is 0 Å². The summed E-state index contributed by atoms with van der Waals surface area (Å²) in [5.41, 5.74) is 0. The number of carbonyl (C=O) groups is 1. The molecule has 0 saturated carbocycles. The van der Waals surface area contributed by atoms with Crippen LogP contribution in [0.15, 0.2) is 0 Å². The average Bonchev–Trinajstić information content (AvgIpc) is 2.09. The van der Waals surface area contributed by atoms with Gasteiger partial charge >= 0.3 is 6.03 Å². The number of urea groups is 1. The van der Waals surface area contributed by atoms with E-state index in [2.05, 4.69) is 6.92 Å². The third-order valence-electron chi connectivity index (χ3n) is 2.27. The molecule has 70 valence electrons. The molecule has 0 N–H and O–H groups in total. The molecule has 0 bridgehead atoms. The smallest absolute Gasteiger partial charge is 0.319 e. The third-order valence-corrected chi connectivity index (χ3v) is 2.27. The topological polar surface area (TPSA) is 23.6 Å². The highest BCUT2D eigenvalue weighted by Gasteiger charge is 2.22. The van der Waals surface area contributed by atoms with Crippen molar-refractivity contribution in [3.8, 4) is 0 Å². The van der Waals surface area contributed by atoms with Crippen LogP contribution in [0.4, 0.5) is 4.79 Å². The van der Waals surface area contributed by atoms with Gasteiger partial charge in [0.25, 0.3) is 0 Å². The summed E-state index contributed by atoms with van der Waals surface area (Å²) in [7, 11) is 0. The van der Waals surface area contributed by atoms with Gasteiger partial charge in [-0.3, -0.25) is 0 Å². The van der Waals surface area contributed by atoms with Gasteiger partial charge in [-0.1, -0.05) is 6.92 Å². The highest BCUT2D eigenvalue weighted by Crippen LogP contribution is 2.08. The normalized spacial score (nSPS) is 18.7. The van der Waals surface area contributed by atoms with Gasteiger partial charge < -0.3 is 9.80 Å². The molecule has 0 aromatic carbocycles. The fourth-order valence-electron chi connectivity index (χ4n) is 1.61. The van der Waals surface area contributed by atoms with Gasteiger partial charge in [-0.25, -0.2) is 4.79 Å². The van der Waals surface area contributed by atoms with Crippen LogP contribution in [0.5, 0.6) is 0 Å². The molecule has 0 aromatic rings. The van der Waals surface area contributed by atoms with Crippen molar-refractivity contribution in [2.24, 2.45) is 0 Å². The number of hydrogen-bond acceptors (Lipinski definition) is 1. The highest BCUT2D eigenvalue weighted by atomic mass is 16.2. The Morgan fingerprint density at radius 2 is 1.92 bits per heavy atom. The van der Waals surface area contributed by atoms with Gasteiger partial charge in [0.1, 0.15) is 0 Å². The third kappa shape index (κ3) is 1.90. The minimum Gasteiger partial charge on any atom is -0.325 e. The van der Waals surface area contributed by atoms with E-state index in [4.69, 9.17) is 0 Å². The van der Waals surface area contributed by atoms with Crippen molar-refractivity contribution in [2.75, 3.05) is 26.2 Å². The van der Waals surface area contributed by atoms with Gasteiger partial charge in [-0.2, -0.15) is 0 Å². The van der Waals surface area contributed by atoms with E-state index in [1.54, 1.807) is 0 Å². The summed E-state index contributed by atoms with van der Waals surface area (Å²) in [5.74, 6) is 0. The van der Waals surface area contributed by atoms with Crippen LogP contribution in [0.1, 0.15) is 26.7 Å². The lowest BCUT2D eigenvalue weighted by Gasteiger charge is -2.34. The van der Waals surface area contributed by atoms with Crippen molar-refractivity contribution in [3.05, 3.63) is 0 Å². The van der Waals surface area contributed by atoms with Crippen molar-refractivity contribution in [3.63, 3.8) is 0 Å². The molecule has 0 unspecified atom stereocenters. The SMILES string of the molecule is CCCN1CCCN(CC)C1=O. The zero-order valence-corrected chi connectivity index (χ0v) is 8.05. The van der Waals surface area contributed by atoms with Crippen LogP contribution in [-0.4, -0.2) is 42.0 Å². The highest BCUT2D eigenvalue weighted by molar-refractivity contribution is 5.75. The maximum atomic E-state index is 11.6. The minimum atomic E-state index is 0.227. The lowest BCUT2D eigenvalue weighted by atomic mass is 10.3. The molecule has 0 aliphatic carbocycles. The van der Waals surface area contributed by atoms with Crippen LogP contribution >= 0.6 is 0 Å². The molecule has 3 heteroatoms. The summed E-state index contributed by atoms with van der Waals surface area (Å²) >= 11 is 0. The van der Waals surface area contributed by atoms with E-state index in [0.717, 1.165) is 39.0 Å². The zero-order valence-electron chi connectivity index (χ0n) is 8.05. The number of amides is 2. The largest absolute Gasteiger partial charge is 0.325 e. The van der Waals surface area contributed by atoms with Crippen LogP contribution < -0.4 is 0 Å². The second-order valence-corrected chi connectivity index (χ2v) is 3.20. The lowest BCUT2D eigenvalue weighted by Crippen LogP contribution is -2.49. The first-order valence-corrected chi connectivity index (χ1v) is 4.83. The molecule has 12 heavy (non-hydrogen) atoms. The van der Waals surface area contributed by atoms with E-state index in [0.29, 0.717) is 0 Å². The van der Waals surface area contributed by atoms with Crippen LogP contribution in [-0.2, 0) is 0 Å². The Morgan fingerprint density at radius 1 is 1.25 bits per heavy atom. The Hall–Kier alpha value is -0.730. The summed E-state index contributed by atoms with van der Waals surface area (Å²) in [6.45, 7) is 7.79. The maximum Gasteiger partial charge on any atom is 0.319 e. The molecule has 0 spiro atoms. The Balaban J connectivity index is 2.47. The number of nitrogens with zero attached hydrogens (tertiary/aromatic N) is 2. The summed E-state index contributed by atoms with van der Waals surface area (Å²) in [6.07, 6.45) is 2.18. The summed E-state index contributed by atoms with van der Waals surface area (Å²) < 4.78 is 0. The van der Waals surface area contributed by atoms with Crippen molar-refractivity contribution in [2.45, 2.75) is 26.7 Å². The van der Waals surface area contributed by atoms with Crippen LogP contribution in [0.2, 0.25) is 0 Å². The summed E-state index contributed by atoms with van der Waals surface area (Å²) in [4.78, 5) is 15.5. The number of carbonyl (C=O) groups excluding carboxylic acids is 1. The van der Waals surface area contributed by atoms with Gasteiger partial charge in [-0.05, 0) is 19.8 Å². The Labute approximate surface area is 74.3 Å². The lowest BCUT2D eigenvalue weighted by molar-refractivity contribution is 0.132. The Kier molecular flexibility index (Phi) is 3.38. The van der Waals surface area contributed by atoms with E-state index in [1.165, 1.54) is 0 Å². The molecule has 1 rings (SSSR count). The van der Waals surface area contributed by atoms with E-state index in [9.17, 15) is 4.79 Å². The van der Waals surface area contributed by atoms with Crippen molar-refractivity contribution < 1.29 is 4.79 Å². The van der Waals surface area contributed by atoms with E-state index >= 15 is 0 Å². The molecule has 0 radical (unpaired) electrons. The maximum absolute atomic E-state index is 11.6. The first-order valence-electron chi connectivity index (χ1n) is 4.83. The molecule has 3 nitrogen and oxygen atoms in total. The molecule has 0 atom stereocenters. The fraction of sp³-hybridized carbons (Fsp3) is 0.889. The Morgan fingerprint density at radius 3 is 2.50 bits per heavy atom. The van der Waals surface area contributed by atoms with Crippen LogP contribution in [0.3, 0.4) is 0 Å². The summed E-state index contributed by atoms with van der Waals surface area (Å²) in [5, 5.41) is 0. The van der Waals surface area contributed by atoms with E-state index in [-0.39, 0.29) is 6.03 Å². The molecule has 0 aromatic heterocycles. The zero-order chi connectivity index (χ0) is 8.97. The predicted octanol–water partition coefficient (Wildman–Crippen LogP) is 1.54. The second kappa shape index (κ2) is 4.33. The molecule has 1 aliphatic heterocycles. The fourth-order valence-corrected chi connectivity index (χ4v) is 1.61. The van der Waals surface area contributed by atoms with Gasteiger partial charge in [0.15, 0.2) is 0 Å². The van der Waals surface area contributed by atoms with E-state index < -0.39 is 0 Å². The molecular formula is C9H18N2O. The molecular weight excluding hydrogens is 152 g/mol. The van der Waals surface area contributed by atoms with Gasteiger partial charge in [-0.15, -0.1) is 0 Å². The average molecular weight is 170 g/mol. The summed E-state index contributed by atoms with van der Waals surface area (Å²) in [6, 6.07) is 0.227. The molecule has 1 saturated heterocycles. The number of hydrogen-bond donors (Lipinski definition) is 0. The molecule has 1 fully saturated rings. The second-order valence-electron chi connectivity index (χ2n) is 3.20. The Bertz CT molecular complexity index is 157. The van der Waals surface area contributed by atoms with Crippen molar-refractivity contribution >= 4 is 6.03 Å². The molecule has 2 amide bonds. The standard InChI is InChI=1S/C9H18N2O/c1-3-6-11-8-5-7-10(4-2)9(11)12/h3-8H2,1-2H3. The van der Waals surface area contributed by atoms with E-state index in [1.807, 2.05) is 16.7 Å². The molecule has 1 heterocycles. The minimum absolute atomic E-state index is 0.227. The quantitative estimate of drug-likeness (QED) is 0.630. The van der Waals surface area contributed by atoms with Crippen molar-refractivity contribution in [1.82, 2.24) is 9.80 Å². The monoisotopic (exact) mass is 170 g/mol. The first-order chi connectivity index (χ1) is 5.79. The molecule has 1 aliphatic rings.